The lowest BCUT2D eigenvalue weighted by atomic mass is 10.0. The van der Waals surface area contributed by atoms with Gasteiger partial charge in [-0.1, -0.05) is 12.1 Å². The van der Waals surface area contributed by atoms with Crippen LogP contribution in [-0.4, -0.2) is 10.1 Å². The Bertz CT molecular complexity index is 474. The third-order valence-corrected chi connectivity index (χ3v) is 2.43. The summed E-state index contributed by atoms with van der Waals surface area (Å²) in [5.41, 5.74) is 4.26. The van der Waals surface area contributed by atoms with Gasteiger partial charge in [-0.25, -0.2) is 0 Å². The lowest BCUT2D eigenvalue weighted by Gasteiger charge is -2.06. The number of rotatable bonds is 1. The zero-order valence-electron chi connectivity index (χ0n) is 8.86. The van der Waals surface area contributed by atoms with Crippen LogP contribution >= 0.6 is 0 Å². The fourth-order valence-corrected chi connectivity index (χ4v) is 1.60. The average molecular weight is 199 g/mol. The minimum atomic E-state index is 0.302. The Morgan fingerprint density at radius 3 is 2.47 bits per heavy atom. The Labute approximate surface area is 89.2 Å². The normalized spacial score (nSPS) is 10.3. The molecule has 1 N–H and O–H groups in total. The zero-order valence-corrected chi connectivity index (χ0v) is 8.86. The molecule has 0 spiro atoms. The number of aryl methyl sites for hydroxylation is 2. The summed E-state index contributed by atoms with van der Waals surface area (Å²) >= 11 is 0. The first kappa shape index (κ1) is 9.71. The van der Waals surface area contributed by atoms with E-state index in [1.807, 2.05) is 38.2 Å². The van der Waals surface area contributed by atoms with Crippen LogP contribution in [0.1, 0.15) is 11.3 Å². The molecule has 2 heteroatoms. The number of phenols is 1. The van der Waals surface area contributed by atoms with Gasteiger partial charge in [-0.05, 0) is 43.2 Å². The van der Waals surface area contributed by atoms with Crippen LogP contribution in [0.3, 0.4) is 0 Å². The molecule has 0 fully saturated rings. The van der Waals surface area contributed by atoms with Crippen LogP contribution in [0.15, 0.2) is 36.5 Å². The second kappa shape index (κ2) is 3.73. The van der Waals surface area contributed by atoms with E-state index in [9.17, 15) is 5.11 Å². The Balaban J connectivity index is 2.49. The number of pyridine rings is 1. The smallest absolute Gasteiger partial charge is 0.115 e. The number of hydrogen-bond donors (Lipinski definition) is 1. The van der Waals surface area contributed by atoms with Crippen molar-refractivity contribution in [2.24, 2.45) is 0 Å². The van der Waals surface area contributed by atoms with Crippen molar-refractivity contribution in [2.75, 3.05) is 0 Å². The van der Waals surface area contributed by atoms with Gasteiger partial charge < -0.3 is 5.11 Å². The molecular formula is C13H13NO. The number of phenolic OH excluding ortho intramolecular Hbond substituents is 1. The maximum absolute atomic E-state index is 9.31. The quantitative estimate of drug-likeness (QED) is 0.765. The predicted molar refractivity (Wildman–Crippen MR) is 60.8 cm³/mol. The summed E-state index contributed by atoms with van der Waals surface area (Å²) in [4.78, 5) is 4.26. The molecule has 2 aromatic rings. The zero-order chi connectivity index (χ0) is 10.8. The standard InChI is InChI=1S/C13H13NO/c1-9-7-12(15)5-6-13(9)11-4-3-10(2)14-8-11/h3-8,15H,1-2H3. The van der Waals surface area contributed by atoms with Crippen molar-refractivity contribution in [2.45, 2.75) is 13.8 Å². The van der Waals surface area contributed by atoms with Gasteiger partial charge in [-0.2, -0.15) is 0 Å². The monoisotopic (exact) mass is 199 g/mol. The lowest BCUT2D eigenvalue weighted by Crippen LogP contribution is -1.85. The molecule has 76 valence electrons. The summed E-state index contributed by atoms with van der Waals surface area (Å²) in [6.45, 7) is 3.95. The number of benzene rings is 1. The Morgan fingerprint density at radius 1 is 1.07 bits per heavy atom. The largest absolute Gasteiger partial charge is 0.508 e. The van der Waals surface area contributed by atoms with E-state index in [-0.39, 0.29) is 0 Å². The molecule has 1 heterocycles. The molecule has 15 heavy (non-hydrogen) atoms. The van der Waals surface area contributed by atoms with Gasteiger partial charge in [0, 0.05) is 17.5 Å². The SMILES string of the molecule is Cc1ccc(-c2ccc(O)cc2C)cn1. The molecule has 0 bridgehead atoms. The Hall–Kier alpha value is -1.83. The molecule has 0 aliphatic rings. The Kier molecular flexibility index (Phi) is 2.42. The number of aromatic hydroxyl groups is 1. The van der Waals surface area contributed by atoms with E-state index >= 15 is 0 Å². The van der Waals surface area contributed by atoms with Crippen LogP contribution < -0.4 is 0 Å². The molecule has 1 aromatic heterocycles. The van der Waals surface area contributed by atoms with Crippen molar-refractivity contribution in [3.8, 4) is 16.9 Å². The van der Waals surface area contributed by atoms with E-state index in [0.29, 0.717) is 5.75 Å². The van der Waals surface area contributed by atoms with Crippen LogP contribution in [0.4, 0.5) is 0 Å². The highest BCUT2D eigenvalue weighted by Gasteiger charge is 2.02. The van der Waals surface area contributed by atoms with Crippen LogP contribution in [0.25, 0.3) is 11.1 Å². The average Bonchev–Trinajstić information content (AvgIpc) is 2.20. The minimum Gasteiger partial charge on any atom is -0.508 e. The minimum absolute atomic E-state index is 0.302. The first-order chi connectivity index (χ1) is 7.16. The second-order valence-electron chi connectivity index (χ2n) is 3.69. The molecule has 0 saturated carbocycles. The van der Waals surface area contributed by atoms with Gasteiger partial charge in [0.1, 0.15) is 5.75 Å². The summed E-state index contributed by atoms with van der Waals surface area (Å²) < 4.78 is 0. The molecule has 0 aliphatic heterocycles. The van der Waals surface area contributed by atoms with Gasteiger partial charge in [-0.15, -0.1) is 0 Å². The van der Waals surface area contributed by atoms with E-state index in [0.717, 1.165) is 22.4 Å². The van der Waals surface area contributed by atoms with E-state index in [1.165, 1.54) is 0 Å². The fraction of sp³-hybridized carbons (Fsp3) is 0.154. The molecule has 0 amide bonds. The van der Waals surface area contributed by atoms with Crippen LogP contribution in [0.2, 0.25) is 0 Å². The molecule has 0 saturated heterocycles. The van der Waals surface area contributed by atoms with Crippen molar-refractivity contribution in [3.05, 3.63) is 47.8 Å². The van der Waals surface area contributed by atoms with Crippen LogP contribution in [-0.2, 0) is 0 Å². The van der Waals surface area contributed by atoms with Gasteiger partial charge in [0.05, 0.1) is 0 Å². The lowest BCUT2D eigenvalue weighted by molar-refractivity contribution is 0.475. The maximum atomic E-state index is 9.31. The highest BCUT2D eigenvalue weighted by molar-refractivity contribution is 5.67. The van der Waals surface area contributed by atoms with E-state index in [2.05, 4.69) is 4.98 Å². The first-order valence-electron chi connectivity index (χ1n) is 4.89. The van der Waals surface area contributed by atoms with Gasteiger partial charge >= 0.3 is 0 Å². The molecule has 2 nitrogen and oxygen atoms in total. The highest BCUT2D eigenvalue weighted by atomic mass is 16.3. The number of nitrogens with zero attached hydrogens (tertiary/aromatic N) is 1. The first-order valence-corrected chi connectivity index (χ1v) is 4.89. The fourth-order valence-electron chi connectivity index (χ4n) is 1.60. The number of hydrogen-bond acceptors (Lipinski definition) is 2. The van der Waals surface area contributed by atoms with E-state index < -0.39 is 0 Å². The van der Waals surface area contributed by atoms with Crippen LogP contribution in [0, 0.1) is 13.8 Å². The van der Waals surface area contributed by atoms with Crippen molar-refractivity contribution in [3.63, 3.8) is 0 Å². The van der Waals surface area contributed by atoms with E-state index in [1.54, 1.807) is 12.1 Å². The van der Waals surface area contributed by atoms with Crippen molar-refractivity contribution < 1.29 is 5.11 Å². The molecule has 0 radical (unpaired) electrons. The summed E-state index contributed by atoms with van der Waals surface area (Å²) in [6, 6.07) is 9.40. The Morgan fingerprint density at radius 2 is 1.87 bits per heavy atom. The second-order valence-corrected chi connectivity index (χ2v) is 3.69. The van der Waals surface area contributed by atoms with E-state index in [4.69, 9.17) is 0 Å². The molecule has 0 aliphatic carbocycles. The van der Waals surface area contributed by atoms with Gasteiger partial charge in [0.25, 0.3) is 0 Å². The summed E-state index contributed by atoms with van der Waals surface area (Å²) in [5, 5.41) is 9.31. The summed E-state index contributed by atoms with van der Waals surface area (Å²) in [6.07, 6.45) is 1.86. The van der Waals surface area contributed by atoms with Crippen LogP contribution in [0.5, 0.6) is 5.75 Å². The molecule has 2 rings (SSSR count). The molecule has 0 atom stereocenters. The van der Waals surface area contributed by atoms with Crippen molar-refractivity contribution in [1.29, 1.82) is 0 Å². The summed E-state index contributed by atoms with van der Waals surface area (Å²) in [5.74, 6) is 0.302. The predicted octanol–water partition coefficient (Wildman–Crippen LogP) is 3.07. The number of aromatic nitrogens is 1. The third-order valence-electron chi connectivity index (χ3n) is 2.43. The van der Waals surface area contributed by atoms with Crippen molar-refractivity contribution >= 4 is 0 Å². The molecule has 1 aromatic carbocycles. The van der Waals surface area contributed by atoms with Gasteiger partial charge in [0.15, 0.2) is 0 Å². The van der Waals surface area contributed by atoms with Gasteiger partial charge in [0.2, 0.25) is 0 Å². The molecular weight excluding hydrogens is 186 g/mol. The summed E-state index contributed by atoms with van der Waals surface area (Å²) in [7, 11) is 0. The topological polar surface area (TPSA) is 33.1 Å². The third kappa shape index (κ3) is 1.99. The highest BCUT2D eigenvalue weighted by Crippen LogP contribution is 2.25. The van der Waals surface area contributed by atoms with Gasteiger partial charge in [-0.3, -0.25) is 4.98 Å². The maximum Gasteiger partial charge on any atom is 0.115 e. The molecule has 0 unspecified atom stereocenters. The van der Waals surface area contributed by atoms with Crippen molar-refractivity contribution in [1.82, 2.24) is 4.98 Å².